The highest BCUT2D eigenvalue weighted by Gasteiger charge is 2.31. The van der Waals surface area contributed by atoms with Crippen molar-refractivity contribution in [3.63, 3.8) is 0 Å². The fourth-order valence-electron chi connectivity index (χ4n) is 4.10. The summed E-state index contributed by atoms with van der Waals surface area (Å²) in [6.45, 7) is 2.14. The van der Waals surface area contributed by atoms with E-state index in [1.54, 1.807) is 12.1 Å². The molecular formula is C22H26N4O3S2. The lowest BCUT2D eigenvalue weighted by atomic mass is 9.86. The van der Waals surface area contributed by atoms with E-state index in [1.807, 2.05) is 30.3 Å². The highest BCUT2D eigenvalue weighted by molar-refractivity contribution is 7.89. The molecule has 0 aliphatic heterocycles. The summed E-state index contributed by atoms with van der Waals surface area (Å²) < 4.78 is 37.4. The van der Waals surface area contributed by atoms with Gasteiger partial charge in [0.1, 0.15) is 22.0 Å². The Morgan fingerprint density at radius 2 is 1.87 bits per heavy atom. The van der Waals surface area contributed by atoms with Gasteiger partial charge in [0, 0.05) is 6.04 Å². The first-order valence-corrected chi connectivity index (χ1v) is 12.7. The monoisotopic (exact) mass is 458 g/mol. The number of benzene rings is 2. The number of hydrogen-bond donors (Lipinski definition) is 2. The number of nitrogens with zero attached hydrogens (tertiary/aromatic N) is 2. The zero-order valence-electron chi connectivity index (χ0n) is 17.3. The fourth-order valence-corrected chi connectivity index (χ4v) is 6.06. The van der Waals surface area contributed by atoms with Crippen LogP contribution in [0.3, 0.4) is 0 Å². The Hall–Kier alpha value is -2.36. The lowest BCUT2D eigenvalue weighted by Crippen LogP contribution is -2.52. The normalized spacial score (nSPS) is 20.4. The van der Waals surface area contributed by atoms with Crippen molar-refractivity contribution in [2.45, 2.75) is 56.0 Å². The molecule has 2 N–H and O–H groups in total. The molecular weight excluding hydrogens is 432 g/mol. The molecule has 1 aromatic heterocycles. The highest BCUT2D eigenvalue weighted by Crippen LogP contribution is 2.24. The van der Waals surface area contributed by atoms with E-state index in [0.29, 0.717) is 17.0 Å². The number of fused-ring (bicyclic) bond motifs is 1. The van der Waals surface area contributed by atoms with Gasteiger partial charge in [0.05, 0.1) is 11.7 Å². The van der Waals surface area contributed by atoms with Crippen molar-refractivity contribution < 1.29 is 13.2 Å². The number of nitrogens with one attached hydrogen (secondary N) is 2. The Morgan fingerprint density at radius 3 is 2.65 bits per heavy atom. The zero-order valence-corrected chi connectivity index (χ0v) is 19.0. The maximum absolute atomic E-state index is 13.3. The second kappa shape index (κ2) is 9.42. The predicted molar refractivity (Wildman–Crippen MR) is 121 cm³/mol. The minimum Gasteiger partial charge on any atom is -0.352 e. The molecule has 31 heavy (non-hydrogen) atoms. The molecule has 7 nitrogen and oxygen atoms in total. The smallest absolute Gasteiger partial charge is 0.243 e. The quantitative estimate of drug-likeness (QED) is 0.566. The van der Waals surface area contributed by atoms with Crippen LogP contribution < -0.4 is 10.0 Å². The molecule has 0 radical (unpaired) electrons. The standard InChI is InChI=1S/C22H26N4O3S2/c1-15-8-5-6-11-17(15)23-22(27)19(14-16-9-3-2-4-10-16)26-31(28,29)20-13-7-12-18-21(20)25-30-24-18/h2-4,7,9-10,12-13,15,17,19,26H,5-6,8,11,14H2,1H3,(H,23,27)/t15-,17+,19+/m1/s1. The molecule has 4 rings (SSSR count). The van der Waals surface area contributed by atoms with Crippen LogP contribution in [0.25, 0.3) is 11.0 Å². The zero-order chi connectivity index (χ0) is 21.8. The Kier molecular flexibility index (Phi) is 6.64. The van der Waals surface area contributed by atoms with Crippen molar-refractivity contribution in [3.05, 3.63) is 54.1 Å². The first-order valence-electron chi connectivity index (χ1n) is 10.5. The summed E-state index contributed by atoms with van der Waals surface area (Å²) in [4.78, 5) is 13.3. The average Bonchev–Trinajstić information content (AvgIpc) is 3.24. The number of sulfonamides is 1. The number of rotatable bonds is 7. The van der Waals surface area contributed by atoms with Gasteiger partial charge in [0.25, 0.3) is 0 Å². The van der Waals surface area contributed by atoms with Crippen LogP contribution in [0.5, 0.6) is 0 Å². The lowest BCUT2D eigenvalue weighted by Gasteiger charge is -2.31. The van der Waals surface area contributed by atoms with E-state index in [0.717, 1.165) is 36.6 Å². The van der Waals surface area contributed by atoms with Crippen LogP contribution in [-0.4, -0.2) is 35.2 Å². The van der Waals surface area contributed by atoms with Crippen molar-refractivity contribution in [2.75, 3.05) is 0 Å². The topological polar surface area (TPSA) is 101 Å². The molecule has 0 spiro atoms. The molecule has 0 bridgehead atoms. The van der Waals surface area contributed by atoms with Crippen LogP contribution in [0.15, 0.2) is 53.4 Å². The van der Waals surface area contributed by atoms with Crippen LogP contribution in [-0.2, 0) is 21.2 Å². The summed E-state index contributed by atoms with van der Waals surface area (Å²) in [5.74, 6) is 0.0799. The Morgan fingerprint density at radius 1 is 1.10 bits per heavy atom. The van der Waals surface area contributed by atoms with Crippen LogP contribution in [0, 0.1) is 5.92 Å². The Bertz CT molecular complexity index is 1150. The van der Waals surface area contributed by atoms with Crippen molar-refractivity contribution in [1.29, 1.82) is 0 Å². The fraction of sp³-hybridized carbons (Fsp3) is 0.409. The Labute approximate surface area is 186 Å². The van der Waals surface area contributed by atoms with E-state index < -0.39 is 16.1 Å². The number of carbonyl (C=O) groups excluding carboxylic acids is 1. The summed E-state index contributed by atoms with van der Waals surface area (Å²) in [6.07, 6.45) is 4.49. The van der Waals surface area contributed by atoms with E-state index in [-0.39, 0.29) is 23.3 Å². The third-order valence-corrected chi connectivity index (χ3v) is 7.92. The van der Waals surface area contributed by atoms with Gasteiger partial charge < -0.3 is 5.32 Å². The van der Waals surface area contributed by atoms with Gasteiger partial charge in [-0.05, 0) is 42.9 Å². The third kappa shape index (κ3) is 5.11. The number of carbonyl (C=O) groups is 1. The molecule has 0 unspecified atom stereocenters. The molecule has 9 heteroatoms. The van der Waals surface area contributed by atoms with Gasteiger partial charge in [0.15, 0.2) is 0 Å². The summed E-state index contributed by atoms with van der Waals surface area (Å²) >= 11 is 0.963. The largest absolute Gasteiger partial charge is 0.352 e. The van der Waals surface area contributed by atoms with Crippen molar-refractivity contribution in [1.82, 2.24) is 18.8 Å². The van der Waals surface area contributed by atoms with E-state index >= 15 is 0 Å². The first-order chi connectivity index (χ1) is 14.9. The molecule has 3 aromatic rings. The SMILES string of the molecule is C[C@@H]1CCCC[C@@H]1NC(=O)[C@H](Cc1ccccc1)NS(=O)(=O)c1cccc2nsnc12. The van der Waals surface area contributed by atoms with Gasteiger partial charge in [-0.25, -0.2) is 8.42 Å². The second-order valence-corrected chi connectivity index (χ2v) is 10.3. The van der Waals surface area contributed by atoms with Gasteiger partial charge in [-0.1, -0.05) is 56.2 Å². The second-order valence-electron chi connectivity index (χ2n) is 8.13. The van der Waals surface area contributed by atoms with Gasteiger partial charge in [-0.2, -0.15) is 13.5 Å². The van der Waals surface area contributed by atoms with Crippen molar-refractivity contribution in [2.24, 2.45) is 5.92 Å². The molecule has 164 valence electrons. The summed E-state index contributed by atoms with van der Waals surface area (Å²) in [7, 11) is -3.98. The van der Waals surface area contributed by atoms with Crippen LogP contribution >= 0.6 is 11.7 Å². The maximum Gasteiger partial charge on any atom is 0.243 e. The summed E-state index contributed by atoms with van der Waals surface area (Å²) in [6, 6.07) is 13.4. The van der Waals surface area contributed by atoms with Crippen LogP contribution in [0.4, 0.5) is 0 Å². The van der Waals surface area contributed by atoms with E-state index in [2.05, 4.69) is 25.7 Å². The Balaban J connectivity index is 1.60. The van der Waals surface area contributed by atoms with Crippen molar-refractivity contribution in [3.8, 4) is 0 Å². The molecule has 1 fully saturated rings. The molecule has 1 heterocycles. The number of hydrogen-bond acceptors (Lipinski definition) is 6. The minimum atomic E-state index is -3.98. The van der Waals surface area contributed by atoms with Crippen LogP contribution in [0.1, 0.15) is 38.2 Å². The summed E-state index contributed by atoms with van der Waals surface area (Å²) in [5, 5.41) is 3.10. The van der Waals surface area contributed by atoms with Gasteiger partial charge in [0.2, 0.25) is 15.9 Å². The van der Waals surface area contributed by atoms with E-state index in [9.17, 15) is 13.2 Å². The van der Waals surface area contributed by atoms with Crippen molar-refractivity contribution >= 4 is 38.7 Å². The lowest BCUT2D eigenvalue weighted by molar-refractivity contribution is -0.124. The average molecular weight is 459 g/mol. The minimum absolute atomic E-state index is 0.0376. The maximum atomic E-state index is 13.3. The van der Waals surface area contributed by atoms with Gasteiger partial charge in [-0.3, -0.25) is 4.79 Å². The third-order valence-electron chi connectivity index (χ3n) is 5.87. The van der Waals surface area contributed by atoms with Crippen LogP contribution in [0.2, 0.25) is 0 Å². The highest BCUT2D eigenvalue weighted by atomic mass is 32.2. The molecule has 1 aliphatic rings. The van der Waals surface area contributed by atoms with Gasteiger partial charge in [-0.15, -0.1) is 0 Å². The van der Waals surface area contributed by atoms with Gasteiger partial charge >= 0.3 is 0 Å². The number of aromatic nitrogens is 2. The molecule has 2 aromatic carbocycles. The molecule has 1 saturated carbocycles. The predicted octanol–water partition coefficient (Wildman–Crippen LogP) is 3.28. The van der Waals surface area contributed by atoms with E-state index in [4.69, 9.17) is 0 Å². The first kappa shape index (κ1) is 21.9. The molecule has 1 amide bonds. The summed E-state index contributed by atoms with van der Waals surface area (Å²) in [5.41, 5.74) is 1.73. The molecule has 3 atom stereocenters. The molecule has 0 saturated heterocycles. The molecule has 1 aliphatic carbocycles. The number of amides is 1. The van der Waals surface area contributed by atoms with E-state index in [1.165, 1.54) is 12.5 Å².